The van der Waals surface area contributed by atoms with Gasteiger partial charge in [0.1, 0.15) is 5.75 Å². The monoisotopic (exact) mass is 273 g/mol. The van der Waals surface area contributed by atoms with E-state index >= 15 is 0 Å². The van der Waals surface area contributed by atoms with Gasteiger partial charge in [-0.15, -0.1) is 0 Å². The van der Waals surface area contributed by atoms with Crippen LogP contribution >= 0.6 is 0 Å². The molecule has 0 unspecified atom stereocenters. The Morgan fingerprint density at radius 2 is 2.00 bits per heavy atom. The van der Waals surface area contributed by atoms with Crippen LogP contribution in [0.5, 0.6) is 5.75 Å². The van der Waals surface area contributed by atoms with Crippen molar-refractivity contribution in [1.29, 1.82) is 0 Å². The molecule has 0 amide bonds. The minimum atomic E-state index is -0.793. The standard InChI is InChI=1S/C16H19NO3/c1-10-7-11-8-14(20-2)12(9-13(11)17-10)16(15(18)19)5-3-4-6-16/h7-9,17H,3-6H2,1-2H3,(H,18,19). The summed E-state index contributed by atoms with van der Waals surface area (Å²) in [6.45, 7) is 1.99. The highest BCUT2D eigenvalue weighted by Crippen LogP contribution is 2.46. The van der Waals surface area contributed by atoms with Gasteiger partial charge < -0.3 is 14.8 Å². The van der Waals surface area contributed by atoms with E-state index in [2.05, 4.69) is 4.98 Å². The molecule has 4 heteroatoms. The van der Waals surface area contributed by atoms with Gasteiger partial charge in [0.25, 0.3) is 0 Å². The smallest absolute Gasteiger partial charge is 0.314 e. The molecule has 3 rings (SSSR count). The van der Waals surface area contributed by atoms with Crippen molar-refractivity contribution in [3.63, 3.8) is 0 Å². The normalized spacial score (nSPS) is 17.5. The fraction of sp³-hybridized carbons (Fsp3) is 0.438. The van der Waals surface area contributed by atoms with E-state index in [0.29, 0.717) is 18.6 Å². The fourth-order valence-corrected chi connectivity index (χ4v) is 3.42. The summed E-state index contributed by atoms with van der Waals surface area (Å²) in [6, 6.07) is 5.95. The number of carboxylic acid groups (broad SMARTS) is 1. The number of hydrogen-bond donors (Lipinski definition) is 2. The van der Waals surface area contributed by atoms with Gasteiger partial charge in [0.2, 0.25) is 0 Å². The molecule has 106 valence electrons. The van der Waals surface area contributed by atoms with Crippen molar-refractivity contribution in [2.24, 2.45) is 0 Å². The zero-order valence-electron chi connectivity index (χ0n) is 11.8. The molecule has 1 fully saturated rings. The van der Waals surface area contributed by atoms with Gasteiger partial charge in [-0.1, -0.05) is 12.8 Å². The van der Waals surface area contributed by atoms with Crippen LogP contribution in [-0.4, -0.2) is 23.2 Å². The van der Waals surface area contributed by atoms with Gasteiger partial charge in [-0.3, -0.25) is 4.79 Å². The number of nitrogens with one attached hydrogen (secondary N) is 1. The molecule has 4 nitrogen and oxygen atoms in total. The van der Waals surface area contributed by atoms with Crippen LogP contribution in [0.15, 0.2) is 18.2 Å². The molecular formula is C16H19NO3. The molecule has 1 saturated carbocycles. The van der Waals surface area contributed by atoms with Crippen molar-refractivity contribution in [3.8, 4) is 5.75 Å². The third-order valence-electron chi connectivity index (χ3n) is 4.46. The third-order valence-corrected chi connectivity index (χ3v) is 4.46. The van der Waals surface area contributed by atoms with Gasteiger partial charge in [0.15, 0.2) is 0 Å². The SMILES string of the molecule is COc1cc2cc(C)[nH]c2cc1C1(C(=O)O)CCCC1. The quantitative estimate of drug-likeness (QED) is 0.901. The molecule has 0 aliphatic heterocycles. The van der Waals surface area contributed by atoms with Crippen LogP contribution in [0.4, 0.5) is 0 Å². The number of aryl methyl sites for hydroxylation is 1. The zero-order valence-corrected chi connectivity index (χ0v) is 11.8. The summed E-state index contributed by atoms with van der Waals surface area (Å²) in [5.74, 6) is -0.0586. The Morgan fingerprint density at radius 1 is 1.30 bits per heavy atom. The van der Waals surface area contributed by atoms with Gasteiger partial charge in [0, 0.05) is 22.2 Å². The first-order chi connectivity index (χ1) is 9.56. The summed E-state index contributed by atoms with van der Waals surface area (Å²) in [5.41, 5.74) is 2.05. The lowest BCUT2D eigenvalue weighted by atomic mass is 9.78. The summed E-state index contributed by atoms with van der Waals surface area (Å²) in [7, 11) is 1.61. The zero-order chi connectivity index (χ0) is 14.3. The average molecular weight is 273 g/mol. The minimum Gasteiger partial charge on any atom is -0.496 e. The molecule has 0 atom stereocenters. The molecule has 1 aromatic heterocycles. The van der Waals surface area contributed by atoms with Crippen molar-refractivity contribution < 1.29 is 14.6 Å². The molecule has 1 aliphatic rings. The molecule has 20 heavy (non-hydrogen) atoms. The van der Waals surface area contributed by atoms with Crippen LogP contribution in [0.3, 0.4) is 0 Å². The number of aromatic nitrogens is 1. The van der Waals surface area contributed by atoms with Gasteiger partial charge >= 0.3 is 5.97 Å². The molecule has 0 saturated heterocycles. The van der Waals surface area contributed by atoms with Crippen molar-refractivity contribution in [2.45, 2.75) is 38.0 Å². The number of H-pyrrole nitrogens is 1. The first-order valence-corrected chi connectivity index (χ1v) is 6.98. The van der Waals surface area contributed by atoms with E-state index in [4.69, 9.17) is 4.74 Å². The van der Waals surface area contributed by atoms with E-state index in [1.807, 2.05) is 25.1 Å². The number of hydrogen-bond acceptors (Lipinski definition) is 2. The van der Waals surface area contributed by atoms with E-state index in [9.17, 15) is 9.90 Å². The van der Waals surface area contributed by atoms with Crippen LogP contribution in [0.1, 0.15) is 36.9 Å². The molecule has 2 N–H and O–H groups in total. The Bertz CT molecular complexity index is 666. The molecule has 0 radical (unpaired) electrons. The average Bonchev–Trinajstić information content (AvgIpc) is 3.02. The molecule has 2 aromatic rings. The lowest BCUT2D eigenvalue weighted by Gasteiger charge is -2.26. The number of aliphatic carboxylic acids is 1. The van der Waals surface area contributed by atoms with Gasteiger partial charge in [-0.2, -0.15) is 0 Å². The topological polar surface area (TPSA) is 62.3 Å². The van der Waals surface area contributed by atoms with Crippen LogP contribution in [0.25, 0.3) is 10.9 Å². The highest BCUT2D eigenvalue weighted by molar-refractivity contribution is 5.89. The van der Waals surface area contributed by atoms with Gasteiger partial charge in [0.05, 0.1) is 12.5 Å². The maximum Gasteiger partial charge on any atom is 0.314 e. The number of rotatable bonds is 3. The highest BCUT2D eigenvalue weighted by Gasteiger charge is 2.45. The van der Waals surface area contributed by atoms with Crippen molar-refractivity contribution >= 4 is 16.9 Å². The Kier molecular flexibility index (Phi) is 2.96. The first-order valence-electron chi connectivity index (χ1n) is 6.98. The largest absolute Gasteiger partial charge is 0.496 e. The molecule has 1 aromatic carbocycles. The van der Waals surface area contributed by atoms with Crippen LogP contribution < -0.4 is 4.74 Å². The summed E-state index contributed by atoms with van der Waals surface area (Å²) in [4.78, 5) is 15.1. The summed E-state index contributed by atoms with van der Waals surface area (Å²) in [6.07, 6.45) is 3.28. The second-order valence-corrected chi connectivity index (χ2v) is 5.69. The summed E-state index contributed by atoms with van der Waals surface area (Å²) in [5, 5.41) is 10.8. The second kappa shape index (κ2) is 4.54. The minimum absolute atomic E-state index is 0.681. The van der Waals surface area contributed by atoms with Crippen molar-refractivity contribution in [2.75, 3.05) is 7.11 Å². The van der Waals surface area contributed by atoms with Crippen molar-refractivity contribution in [1.82, 2.24) is 4.98 Å². The van der Waals surface area contributed by atoms with Crippen LogP contribution in [0, 0.1) is 6.92 Å². The van der Waals surface area contributed by atoms with Crippen molar-refractivity contribution in [3.05, 3.63) is 29.5 Å². The molecule has 0 spiro atoms. The predicted octanol–water partition coefficient (Wildman–Crippen LogP) is 3.38. The summed E-state index contributed by atoms with van der Waals surface area (Å²) < 4.78 is 5.47. The van der Waals surface area contributed by atoms with Gasteiger partial charge in [-0.05, 0) is 38.0 Å². The van der Waals surface area contributed by atoms with Crippen LogP contribution in [-0.2, 0) is 10.2 Å². The number of benzene rings is 1. The molecular weight excluding hydrogens is 254 g/mol. The number of ether oxygens (including phenoxy) is 1. The fourth-order valence-electron chi connectivity index (χ4n) is 3.42. The lowest BCUT2D eigenvalue weighted by Crippen LogP contribution is -2.33. The highest BCUT2D eigenvalue weighted by atomic mass is 16.5. The maximum atomic E-state index is 11.9. The Balaban J connectivity index is 2.25. The second-order valence-electron chi connectivity index (χ2n) is 5.69. The van der Waals surface area contributed by atoms with E-state index in [1.165, 1.54) is 0 Å². The Labute approximate surface area is 117 Å². The predicted molar refractivity (Wildman–Crippen MR) is 77.4 cm³/mol. The third kappa shape index (κ3) is 1.79. The number of fused-ring (bicyclic) bond motifs is 1. The van der Waals surface area contributed by atoms with Gasteiger partial charge in [-0.25, -0.2) is 0 Å². The number of methoxy groups -OCH3 is 1. The maximum absolute atomic E-state index is 11.9. The summed E-state index contributed by atoms with van der Waals surface area (Å²) >= 11 is 0. The number of aromatic amines is 1. The van der Waals surface area contributed by atoms with E-state index in [0.717, 1.165) is 35.0 Å². The molecule has 1 aliphatic carbocycles. The van der Waals surface area contributed by atoms with E-state index in [1.54, 1.807) is 7.11 Å². The van der Waals surface area contributed by atoms with Crippen LogP contribution in [0.2, 0.25) is 0 Å². The first kappa shape index (κ1) is 13.0. The molecule has 1 heterocycles. The van der Waals surface area contributed by atoms with E-state index < -0.39 is 11.4 Å². The number of carbonyl (C=O) groups is 1. The lowest BCUT2D eigenvalue weighted by molar-refractivity contribution is -0.143. The number of carboxylic acids is 1. The Hall–Kier alpha value is -1.97. The Morgan fingerprint density at radius 3 is 2.60 bits per heavy atom. The molecule has 0 bridgehead atoms. The van der Waals surface area contributed by atoms with E-state index in [-0.39, 0.29) is 0 Å².